The average molecular weight is 248 g/mol. The largest absolute Gasteiger partial charge is 0.359 e. The zero-order valence-electron chi connectivity index (χ0n) is 11.0. The summed E-state index contributed by atoms with van der Waals surface area (Å²) in [7, 11) is 3.40. The topological polar surface area (TPSA) is 49.4 Å². The smallest absolute Gasteiger partial charge is 0.226 e. The zero-order valence-corrected chi connectivity index (χ0v) is 11.0. The second kappa shape index (κ2) is 7.48. The minimum Gasteiger partial charge on any atom is -0.359 e. The fraction of sp³-hybridized carbons (Fsp3) is 0.429. The predicted molar refractivity (Wildman–Crippen MR) is 72.4 cm³/mol. The molecule has 0 radical (unpaired) electrons. The lowest BCUT2D eigenvalue weighted by molar-refractivity contribution is -0.121. The van der Waals surface area contributed by atoms with Crippen molar-refractivity contribution in [2.24, 2.45) is 0 Å². The van der Waals surface area contributed by atoms with Gasteiger partial charge in [0.05, 0.1) is 0 Å². The van der Waals surface area contributed by atoms with Gasteiger partial charge in [-0.25, -0.2) is 0 Å². The summed E-state index contributed by atoms with van der Waals surface area (Å²) < 4.78 is 0. The number of nitrogens with zero attached hydrogens (tertiary/aromatic N) is 1. The van der Waals surface area contributed by atoms with Gasteiger partial charge in [0.1, 0.15) is 0 Å². The molecule has 0 aliphatic carbocycles. The van der Waals surface area contributed by atoms with Crippen LogP contribution < -0.4 is 10.2 Å². The highest BCUT2D eigenvalue weighted by Crippen LogP contribution is 2.13. The van der Waals surface area contributed by atoms with Crippen LogP contribution in [0.1, 0.15) is 25.7 Å². The van der Waals surface area contributed by atoms with Crippen LogP contribution in [-0.2, 0) is 9.59 Å². The Morgan fingerprint density at radius 3 is 2.33 bits per heavy atom. The molecule has 1 rings (SSSR count). The van der Waals surface area contributed by atoms with Crippen molar-refractivity contribution < 1.29 is 9.59 Å². The van der Waals surface area contributed by atoms with E-state index in [0.29, 0.717) is 12.8 Å². The van der Waals surface area contributed by atoms with Crippen molar-refractivity contribution >= 4 is 17.5 Å². The molecule has 2 amide bonds. The van der Waals surface area contributed by atoms with Crippen molar-refractivity contribution in [3.05, 3.63) is 30.3 Å². The molecule has 0 unspecified atom stereocenters. The molecule has 0 aliphatic heterocycles. The van der Waals surface area contributed by atoms with Gasteiger partial charge in [-0.1, -0.05) is 18.2 Å². The summed E-state index contributed by atoms with van der Waals surface area (Å²) in [6, 6.07) is 9.55. The normalized spacial score (nSPS) is 9.89. The first-order valence-electron chi connectivity index (χ1n) is 6.17. The minimum atomic E-state index is 0.0267. The van der Waals surface area contributed by atoms with E-state index in [-0.39, 0.29) is 11.8 Å². The fourth-order valence-corrected chi connectivity index (χ4v) is 1.65. The monoisotopic (exact) mass is 248 g/mol. The van der Waals surface area contributed by atoms with Crippen molar-refractivity contribution in [2.75, 3.05) is 19.0 Å². The second-order valence-electron chi connectivity index (χ2n) is 4.17. The lowest BCUT2D eigenvalue weighted by atomic mass is 10.1. The van der Waals surface area contributed by atoms with Gasteiger partial charge < -0.3 is 10.2 Å². The molecule has 4 heteroatoms. The molecular formula is C14H20N2O2. The summed E-state index contributed by atoms with van der Waals surface area (Å²) in [6.07, 6.45) is 2.44. The molecule has 0 fully saturated rings. The van der Waals surface area contributed by atoms with Crippen molar-refractivity contribution in [3.8, 4) is 0 Å². The fourth-order valence-electron chi connectivity index (χ4n) is 1.65. The number of para-hydroxylation sites is 1. The van der Waals surface area contributed by atoms with Gasteiger partial charge in [0.2, 0.25) is 11.8 Å². The summed E-state index contributed by atoms with van der Waals surface area (Å²) >= 11 is 0. The number of unbranched alkanes of at least 4 members (excludes halogenated alkanes) is 1. The average Bonchev–Trinajstić information content (AvgIpc) is 2.43. The first-order valence-corrected chi connectivity index (χ1v) is 6.17. The summed E-state index contributed by atoms with van der Waals surface area (Å²) in [5.41, 5.74) is 0.897. The molecule has 1 aromatic rings. The number of carbonyl (C=O) groups excluding carboxylic acids is 2. The Kier molecular flexibility index (Phi) is 5.91. The number of anilines is 1. The maximum atomic E-state index is 11.9. The standard InChI is InChI=1S/C14H20N2O2/c1-15-13(17)10-6-7-11-14(18)16(2)12-8-4-3-5-9-12/h3-5,8-9H,6-7,10-11H2,1-2H3,(H,15,17). The van der Waals surface area contributed by atoms with Gasteiger partial charge in [-0.3, -0.25) is 9.59 Å². The van der Waals surface area contributed by atoms with E-state index in [0.717, 1.165) is 18.5 Å². The van der Waals surface area contributed by atoms with Crippen LogP contribution in [0.3, 0.4) is 0 Å². The molecule has 0 bridgehead atoms. The van der Waals surface area contributed by atoms with Crippen LogP contribution in [0.4, 0.5) is 5.69 Å². The molecule has 0 saturated carbocycles. The molecule has 1 aromatic carbocycles. The van der Waals surface area contributed by atoms with Crippen LogP contribution in [0.25, 0.3) is 0 Å². The third-order valence-electron chi connectivity index (χ3n) is 2.84. The molecule has 0 spiro atoms. The first kappa shape index (κ1) is 14.2. The van der Waals surface area contributed by atoms with E-state index >= 15 is 0 Å². The quantitative estimate of drug-likeness (QED) is 0.782. The van der Waals surface area contributed by atoms with Crippen LogP contribution in [0, 0.1) is 0 Å². The Morgan fingerprint density at radius 1 is 1.11 bits per heavy atom. The molecule has 98 valence electrons. The predicted octanol–water partition coefficient (Wildman–Crippen LogP) is 1.96. The maximum Gasteiger partial charge on any atom is 0.226 e. The number of hydrogen-bond acceptors (Lipinski definition) is 2. The van der Waals surface area contributed by atoms with Gasteiger partial charge in [0, 0.05) is 32.6 Å². The molecular weight excluding hydrogens is 228 g/mol. The summed E-state index contributed by atoms with van der Waals surface area (Å²) in [6.45, 7) is 0. The number of hydrogen-bond donors (Lipinski definition) is 1. The van der Waals surface area contributed by atoms with Crippen molar-refractivity contribution in [1.82, 2.24) is 5.32 Å². The number of carbonyl (C=O) groups is 2. The summed E-state index contributed by atoms with van der Waals surface area (Å²) in [5.74, 6) is 0.108. The SMILES string of the molecule is CNC(=O)CCCCC(=O)N(C)c1ccccc1. The van der Waals surface area contributed by atoms with Crippen LogP contribution in [-0.4, -0.2) is 25.9 Å². The van der Waals surface area contributed by atoms with Gasteiger partial charge in [-0.2, -0.15) is 0 Å². The van der Waals surface area contributed by atoms with E-state index in [1.165, 1.54) is 0 Å². The van der Waals surface area contributed by atoms with E-state index in [2.05, 4.69) is 5.32 Å². The Bertz CT molecular complexity index is 390. The first-order chi connectivity index (χ1) is 8.65. The Morgan fingerprint density at radius 2 is 1.72 bits per heavy atom. The number of nitrogens with one attached hydrogen (secondary N) is 1. The minimum absolute atomic E-state index is 0.0267. The van der Waals surface area contributed by atoms with E-state index in [1.807, 2.05) is 30.3 Å². The van der Waals surface area contributed by atoms with E-state index in [1.54, 1.807) is 19.0 Å². The van der Waals surface area contributed by atoms with Crippen LogP contribution in [0.15, 0.2) is 30.3 Å². The Balaban J connectivity index is 2.31. The lowest BCUT2D eigenvalue weighted by Gasteiger charge is -2.17. The molecule has 0 aromatic heterocycles. The van der Waals surface area contributed by atoms with Crippen molar-refractivity contribution in [1.29, 1.82) is 0 Å². The van der Waals surface area contributed by atoms with Gasteiger partial charge in [0.25, 0.3) is 0 Å². The van der Waals surface area contributed by atoms with Crippen LogP contribution in [0.2, 0.25) is 0 Å². The molecule has 0 atom stereocenters. The van der Waals surface area contributed by atoms with Gasteiger partial charge in [-0.15, -0.1) is 0 Å². The van der Waals surface area contributed by atoms with Crippen molar-refractivity contribution in [2.45, 2.75) is 25.7 Å². The third kappa shape index (κ3) is 4.57. The maximum absolute atomic E-state index is 11.9. The number of rotatable bonds is 6. The van der Waals surface area contributed by atoms with E-state index in [9.17, 15) is 9.59 Å². The highest BCUT2D eigenvalue weighted by molar-refractivity contribution is 5.92. The van der Waals surface area contributed by atoms with Crippen LogP contribution >= 0.6 is 0 Å². The second-order valence-corrected chi connectivity index (χ2v) is 4.17. The third-order valence-corrected chi connectivity index (χ3v) is 2.84. The van der Waals surface area contributed by atoms with Crippen LogP contribution in [0.5, 0.6) is 0 Å². The van der Waals surface area contributed by atoms with E-state index < -0.39 is 0 Å². The molecule has 18 heavy (non-hydrogen) atoms. The van der Waals surface area contributed by atoms with Gasteiger partial charge in [-0.05, 0) is 25.0 Å². The molecule has 0 saturated heterocycles. The Hall–Kier alpha value is -1.84. The highest BCUT2D eigenvalue weighted by atomic mass is 16.2. The molecule has 0 heterocycles. The Labute approximate surface area is 108 Å². The molecule has 4 nitrogen and oxygen atoms in total. The summed E-state index contributed by atoms with van der Waals surface area (Å²) in [5, 5.41) is 2.57. The lowest BCUT2D eigenvalue weighted by Crippen LogP contribution is -2.25. The summed E-state index contributed by atoms with van der Waals surface area (Å²) in [4.78, 5) is 24.5. The van der Waals surface area contributed by atoms with Crippen molar-refractivity contribution in [3.63, 3.8) is 0 Å². The number of amides is 2. The van der Waals surface area contributed by atoms with Gasteiger partial charge in [0.15, 0.2) is 0 Å². The number of benzene rings is 1. The molecule has 0 aliphatic rings. The molecule has 1 N–H and O–H groups in total. The zero-order chi connectivity index (χ0) is 13.4. The highest BCUT2D eigenvalue weighted by Gasteiger charge is 2.10. The van der Waals surface area contributed by atoms with E-state index in [4.69, 9.17) is 0 Å². The van der Waals surface area contributed by atoms with Gasteiger partial charge >= 0.3 is 0 Å².